The predicted molar refractivity (Wildman–Crippen MR) is 124 cm³/mol. The molecule has 2 amide bonds. The van der Waals surface area contributed by atoms with Gasteiger partial charge in [-0.2, -0.15) is 0 Å². The maximum absolute atomic E-state index is 13.0. The number of hydrogen-bond donors (Lipinski definition) is 1. The normalized spacial score (nSPS) is 40.7. The van der Waals surface area contributed by atoms with Gasteiger partial charge < -0.3 is 38.6 Å². The summed E-state index contributed by atoms with van der Waals surface area (Å²) < 4.78 is 29.7. The molecule has 35 heavy (non-hydrogen) atoms. The van der Waals surface area contributed by atoms with Gasteiger partial charge >= 0.3 is 12.2 Å². The van der Waals surface area contributed by atoms with Crippen LogP contribution in [0.4, 0.5) is 9.59 Å². The van der Waals surface area contributed by atoms with Crippen molar-refractivity contribution in [1.29, 1.82) is 0 Å². The molecule has 1 N–H and O–H groups in total. The molecule has 10 heteroatoms. The molecule has 7 atom stereocenters. The third-order valence-corrected chi connectivity index (χ3v) is 8.61. The monoisotopic (exact) mass is 494 g/mol. The quantitative estimate of drug-likeness (QED) is 0.443. The summed E-state index contributed by atoms with van der Waals surface area (Å²) in [6.45, 7) is 9.03. The molecule has 196 valence electrons. The summed E-state index contributed by atoms with van der Waals surface area (Å²) in [5.41, 5.74) is 0.622. The van der Waals surface area contributed by atoms with Crippen LogP contribution in [0.2, 0.25) is 0 Å². The molecule has 1 saturated carbocycles. The molecule has 1 aliphatic carbocycles. The van der Waals surface area contributed by atoms with Gasteiger partial charge in [0.2, 0.25) is 0 Å². The van der Waals surface area contributed by atoms with Crippen LogP contribution in [-0.2, 0) is 23.7 Å². The molecule has 0 bridgehead atoms. The molecule has 5 rings (SSSR count). The smallest absolute Gasteiger partial charge is 0.410 e. The summed E-state index contributed by atoms with van der Waals surface area (Å²) >= 11 is 0. The van der Waals surface area contributed by atoms with Gasteiger partial charge in [0.15, 0.2) is 0 Å². The maximum atomic E-state index is 13.0. The fourth-order valence-electron chi connectivity index (χ4n) is 6.43. The number of hydrogen-bond acceptors (Lipinski definition) is 7. The Morgan fingerprint density at radius 2 is 2.00 bits per heavy atom. The predicted octanol–water partition coefficient (Wildman–Crippen LogP) is 2.51. The van der Waals surface area contributed by atoms with Crippen molar-refractivity contribution in [2.75, 3.05) is 46.6 Å². The fourth-order valence-corrected chi connectivity index (χ4v) is 6.43. The molecule has 10 nitrogen and oxygen atoms in total. The molecular formula is C25H38N2O8. The molecule has 4 aliphatic heterocycles. The van der Waals surface area contributed by atoms with Crippen molar-refractivity contribution < 1.29 is 38.4 Å². The molecule has 1 unspecified atom stereocenters. The van der Waals surface area contributed by atoms with Gasteiger partial charge in [-0.25, -0.2) is 9.59 Å². The first-order valence-corrected chi connectivity index (χ1v) is 12.7. The van der Waals surface area contributed by atoms with Crippen molar-refractivity contribution in [2.24, 2.45) is 11.8 Å². The number of morpholine rings is 1. The van der Waals surface area contributed by atoms with Crippen LogP contribution in [0.5, 0.6) is 0 Å². The Labute approximate surface area is 206 Å². The van der Waals surface area contributed by atoms with E-state index in [1.54, 1.807) is 12.0 Å². The lowest BCUT2D eigenvalue weighted by Crippen LogP contribution is -2.63. The number of carbonyl (C=O) groups excluding carboxylic acids is 1. The summed E-state index contributed by atoms with van der Waals surface area (Å²) in [4.78, 5) is 27.6. The molecule has 0 radical (unpaired) electrons. The fraction of sp³-hybridized carbons (Fsp3) is 0.840. The third-order valence-electron chi connectivity index (χ3n) is 8.61. The second-order valence-corrected chi connectivity index (χ2v) is 11.1. The zero-order valence-electron chi connectivity index (χ0n) is 21.1. The van der Waals surface area contributed by atoms with E-state index in [0.29, 0.717) is 45.9 Å². The Hall–Kier alpha value is -1.88. The average molecular weight is 495 g/mol. The van der Waals surface area contributed by atoms with E-state index >= 15 is 0 Å². The van der Waals surface area contributed by atoms with E-state index in [1.807, 2.05) is 0 Å². The van der Waals surface area contributed by atoms with Crippen LogP contribution in [0.1, 0.15) is 40.0 Å². The van der Waals surface area contributed by atoms with Crippen molar-refractivity contribution in [3.63, 3.8) is 0 Å². The zero-order chi connectivity index (χ0) is 25.0. The van der Waals surface area contributed by atoms with Gasteiger partial charge in [-0.05, 0) is 40.0 Å². The lowest BCUT2D eigenvalue weighted by molar-refractivity contribution is -0.126. The van der Waals surface area contributed by atoms with Gasteiger partial charge in [0.1, 0.15) is 23.4 Å². The molecular weight excluding hydrogens is 456 g/mol. The van der Waals surface area contributed by atoms with E-state index in [2.05, 4.69) is 26.8 Å². The van der Waals surface area contributed by atoms with E-state index < -0.39 is 6.09 Å². The number of nitrogens with zero attached hydrogens (tertiary/aromatic N) is 2. The molecule has 5 fully saturated rings. The van der Waals surface area contributed by atoms with E-state index in [1.165, 1.54) is 10.5 Å². The minimum absolute atomic E-state index is 0.0187. The van der Waals surface area contributed by atoms with Crippen LogP contribution < -0.4 is 0 Å². The third kappa shape index (κ3) is 4.54. The lowest BCUT2D eigenvalue weighted by Gasteiger charge is -2.48. The first-order valence-electron chi connectivity index (χ1n) is 12.7. The highest BCUT2D eigenvalue weighted by Crippen LogP contribution is 2.59. The summed E-state index contributed by atoms with van der Waals surface area (Å²) in [6.07, 6.45) is 2.61. The lowest BCUT2D eigenvalue weighted by atomic mass is 9.68. The van der Waals surface area contributed by atoms with Gasteiger partial charge in [-0.15, -0.1) is 0 Å². The van der Waals surface area contributed by atoms with Gasteiger partial charge in [-0.1, -0.05) is 11.6 Å². The topological polar surface area (TPSA) is 114 Å². The number of methoxy groups -OCH3 is 1. The zero-order valence-corrected chi connectivity index (χ0v) is 21.1. The van der Waals surface area contributed by atoms with Crippen molar-refractivity contribution in [3.05, 3.63) is 11.6 Å². The number of likely N-dealkylation sites (tertiary alicyclic amines) is 1. The second-order valence-electron chi connectivity index (χ2n) is 11.1. The van der Waals surface area contributed by atoms with Crippen molar-refractivity contribution in [1.82, 2.24) is 9.80 Å². The molecule has 4 saturated heterocycles. The van der Waals surface area contributed by atoms with E-state index in [0.717, 1.165) is 12.8 Å². The second kappa shape index (κ2) is 9.21. The molecule has 0 aromatic carbocycles. The Morgan fingerprint density at radius 3 is 2.63 bits per heavy atom. The van der Waals surface area contributed by atoms with Crippen LogP contribution >= 0.6 is 0 Å². The average Bonchev–Trinajstić information content (AvgIpc) is 3.70. The highest BCUT2D eigenvalue weighted by molar-refractivity contribution is 5.69. The van der Waals surface area contributed by atoms with Crippen LogP contribution in [0, 0.1) is 11.8 Å². The SMILES string of the molecule is CO[C@@H]1[C@H](OC(=O)N2CC(C3COCCN3C(=O)O)C2)CC[C@]2(CO2)[C@H]1[C@@]1(C)O[C@@H]1CC=C(C)C. The summed E-state index contributed by atoms with van der Waals surface area (Å²) in [5, 5.41) is 9.47. The van der Waals surface area contributed by atoms with E-state index in [4.69, 9.17) is 23.7 Å². The van der Waals surface area contributed by atoms with Crippen molar-refractivity contribution in [3.8, 4) is 0 Å². The summed E-state index contributed by atoms with van der Waals surface area (Å²) in [7, 11) is 1.67. The van der Waals surface area contributed by atoms with Gasteiger partial charge in [-0.3, -0.25) is 0 Å². The van der Waals surface area contributed by atoms with Gasteiger partial charge in [0.05, 0.1) is 37.9 Å². The highest BCUT2D eigenvalue weighted by Gasteiger charge is 2.72. The number of epoxide rings is 2. The van der Waals surface area contributed by atoms with Crippen LogP contribution in [0.3, 0.4) is 0 Å². The highest BCUT2D eigenvalue weighted by atomic mass is 16.6. The first-order chi connectivity index (χ1) is 16.7. The van der Waals surface area contributed by atoms with Crippen molar-refractivity contribution in [2.45, 2.75) is 75.6 Å². The van der Waals surface area contributed by atoms with Gasteiger partial charge in [0, 0.05) is 32.7 Å². The van der Waals surface area contributed by atoms with Crippen LogP contribution in [0.25, 0.3) is 0 Å². The van der Waals surface area contributed by atoms with Crippen molar-refractivity contribution >= 4 is 12.2 Å². The first kappa shape index (κ1) is 24.8. The number of allylic oxidation sites excluding steroid dienone is 1. The summed E-state index contributed by atoms with van der Waals surface area (Å²) in [5.74, 6) is 0.0313. The number of carbonyl (C=O) groups is 2. The molecule has 5 aliphatic rings. The van der Waals surface area contributed by atoms with Crippen LogP contribution in [-0.4, -0.2) is 109 Å². The number of ether oxygens (including phenoxy) is 5. The summed E-state index contributed by atoms with van der Waals surface area (Å²) in [6, 6.07) is -0.229. The Kier molecular flexibility index (Phi) is 6.52. The van der Waals surface area contributed by atoms with Gasteiger partial charge in [0.25, 0.3) is 0 Å². The number of carboxylic acid groups (broad SMARTS) is 1. The molecule has 0 aromatic rings. The minimum atomic E-state index is -0.939. The maximum Gasteiger partial charge on any atom is 0.410 e. The largest absolute Gasteiger partial charge is 0.465 e. The van der Waals surface area contributed by atoms with E-state index in [9.17, 15) is 14.7 Å². The Bertz CT molecular complexity index is 866. The standard InChI is InChI=1S/C25H38N2O8/c1-15(2)5-6-19-24(3,35-19)21-20(31-4)18(7-8-25(21)14-33-25)34-23(30)26-11-16(12-26)17-13-32-10-9-27(17)22(28)29/h5,16-21H,6-14H2,1-4H3,(H,28,29)/t17?,18-,19-,20-,21-,24+,25+/m1/s1. The Balaban J connectivity index is 1.20. The molecule has 1 spiro atoms. The number of rotatable bonds is 6. The van der Waals surface area contributed by atoms with Crippen LogP contribution in [0.15, 0.2) is 11.6 Å². The minimum Gasteiger partial charge on any atom is -0.465 e. The van der Waals surface area contributed by atoms with E-state index in [-0.39, 0.29) is 53.5 Å². The number of amides is 2. The Morgan fingerprint density at radius 1 is 1.26 bits per heavy atom. The molecule has 4 heterocycles. The molecule has 0 aromatic heterocycles.